The predicted molar refractivity (Wildman–Crippen MR) is 114 cm³/mol. The average molecular weight is 389 g/mol. The van der Waals surface area contributed by atoms with Crippen molar-refractivity contribution in [3.05, 3.63) is 71.4 Å². The van der Waals surface area contributed by atoms with Crippen LogP contribution in [0.3, 0.4) is 0 Å². The molecule has 2 aromatic carbocycles. The van der Waals surface area contributed by atoms with Crippen LogP contribution in [0.4, 0.5) is 0 Å². The molecule has 29 heavy (non-hydrogen) atoms. The highest BCUT2D eigenvalue weighted by Crippen LogP contribution is 2.25. The monoisotopic (exact) mass is 389 g/mol. The van der Waals surface area contributed by atoms with E-state index in [2.05, 4.69) is 26.0 Å². The molecule has 1 aliphatic heterocycles. The number of carbonyl (C=O) groups excluding carboxylic acids is 1. The molecule has 1 fully saturated rings. The molecule has 5 nitrogen and oxygen atoms in total. The number of hydrogen-bond donors (Lipinski definition) is 0. The molecule has 0 N–H and O–H groups in total. The SMILES string of the molecule is Cc1ccc(-n2nc(-c3ccccc3)cc2C(=O)N2C[C@@H](C)O[C@@H](C)C2)c(C)c1. The van der Waals surface area contributed by atoms with Crippen LogP contribution >= 0.6 is 0 Å². The van der Waals surface area contributed by atoms with Crippen LogP contribution in [0.2, 0.25) is 0 Å². The lowest BCUT2D eigenvalue weighted by molar-refractivity contribution is -0.0588. The van der Waals surface area contributed by atoms with Crippen molar-refractivity contribution < 1.29 is 9.53 Å². The van der Waals surface area contributed by atoms with Gasteiger partial charge in [0.2, 0.25) is 0 Å². The van der Waals surface area contributed by atoms with Gasteiger partial charge in [0.25, 0.3) is 5.91 Å². The number of nitrogens with zero attached hydrogens (tertiary/aromatic N) is 3. The van der Waals surface area contributed by atoms with Gasteiger partial charge in [-0.2, -0.15) is 5.10 Å². The Morgan fingerprint density at radius 1 is 1.00 bits per heavy atom. The highest BCUT2D eigenvalue weighted by Gasteiger charge is 2.29. The third kappa shape index (κ3) is 3.96. The molecular formula is C24H27N3O2. The van der Waals surface area contributed by atoms with Crippen molar-refractivity contribution in [3.63, 3.8) is 0 Å². The van der Waals surface area contributed by atoms with Gasteiger partial charge >= 0.3 is 0 Å². The van der Waals surface area contributed by atoms with E-state index in [1.165, 1.54) is 5.56 Å². The first-order valence-electron chi connectivity index (χ1n) is 10.1. The highest BCUT2D eigenvalue weighted by molar-refractivity contribution is 5.94. The minimum absolute atomic E-state index is 0.0124. The summed E-state index contributed by atoms with van der Waals surface area (Å²) in [7, 11) is 0. The van der Waals surface area contributed by atoms with E-state index in [4.69, 9.17) is 9.84 Å². The van der Waals surface area contributed by atoms with Gasteiger partial charge in [0.15, 0.2) is 0 Å². The molecule has 0 unspecified atom stereocenters. The number of morpholine rings is 1. The number of rotatable bonds is 3. The Balaban J connectivity index is 1.81. The summed E-state index contributed by atoms with van der Waals surface area (Å²) in [4.78, 5) is 15.4. The quantitative estimate of drug-likeness (QED) is 0.667. The summed E-state index contributed by atoms with van der Waals surface area (Å²) < 4.78 is 7.60. The van der Waals surface area contributed by atoms with Crippen molar-refractivity contribution in [1.82, 2.24) is 14.7 Å². The van der Waals surface area contributed by atoms with E-state index >= 15 is 0 Å². The molecule has 150 valence electrons. The molecule has 4 rings (SSSR count). The molecule has 1 aromatic heterocycles. The predicted octanol–water partition coefficient (Wildman–Crippen LogP) is 4.41. The van der Waals surface area contributed by atoms with Gasteiger partial charge in [-0.3, -0.25) is 4.79 Å². The van der Waals surface area contributed by atoms with Gasteiger partial charge in [0.05, 0.1) is 23.6 Å². The van der Waals surface area contributed by atoms with Crippen LogP contribution in [-0.2, 0) is 4.74 Å². The summed E-state index contributed by atoms with van der Waals surface area (Å²) in [5.74, 6) is -0.0124. The first-order chi connectivity index (χ1) is 13.9. The zero-order valence-corrected chi connectivity index (χ0v) is 17.4. The molecule has 5 heteroatoms. The van der Waals surface area contributed by atoms with Crippen molar-refractivity contribution in [2.24, 2.45) is 0 Å². The number of amides is 1. The maximum absolute atomic E-state index is 13.5. The summed E-state index contributed by atoms with van der Waals surface area (Å²) >= 11 is 0. The standard InChI is InChI=1S/C24H27N3O2/c1-16-10-11-22(17(2)12-16)27-23(13-21(25-27)20-8-6-5-7-9-20)24(28)26-14-18(3)29-19(4)15-26/h5-13,18-19H,14-15H2,1-4H3/t18-,19+. The molecule has 0 saturated carbocycles. The number of hydrogen-bond acceptors (Lipinski definition) is 3. The van der Waals surface area contributed by atoms with Crippen molar-refractivity contribution in [3.8, 4) is 16.9 Å². The third-order valence-electron chi connectivity index (χ3n) is 5.29. The summed E-state index contributed by atoms with van der Waals surface area (Å²) in [6.45, 7) is 9.31. The fourth-order valence-corrected chi connectivity index (χ4v) is 4.02. The average Bonchev–Trinajstić information content (AvgIpc) is 3.12. The van der Waals surface area contributed by atoms with Crippen LogP contribution in [0.15, 0.2) is 54.6 Å². The number of carbonyl (C=O) groups is 1. The third-order valence-corrected chi connectivity index (χ3v) is 5.29. The fourth-order valence-electron chi connectivity index (χ4n) is 4.02. The summed E-state index contributed by atoms with van der Waals surface area (Å²) in [6.07, 6.45) is 0.0440. The smallest absolute Gasteiger partial charge is 0.272 e. The van der Waals surface area contributed by atoms with Crippen LogP contribution in [0.25, 0.3) is 16.9 Å². The molecule has 2 atom stereocenters. The van der Waals surface area contributed by atoms with E-state index in [0.29, 0.717) is 18.8 Å². The molecule has 1 saturated heterocycles. The molecule has 0 aliphatic carbocycles. The largest absolute Gasteiger partial charge is 0.372 e. The van der Waals surface area contributed by atoms with Gasteiger partial charge in [-0.15, -0.1) is 0 Å². The minimum Gasteiger partial charge on any atom is -0.372 e. The van der Waals surface area contributed by atoms with E-state index < -0.39 is 0 Å². The lowest BCUT2D eigenvalue weighted by atomic mass is 10.1. The van der Waals surface area contributed by atoms with Crippen LogP contribution < -0.4 is 0 Å². The molecule has 1 aliphatic rings. The topological polar surface area (TPSA) is 47.4 Å². The zero-order chi connectivity index (χ0) is 20.5. The number of ether oxygens (including phenoxy) is 1. The van der Waals surface area contributed by atoms with Gasteiger partial charge in [-0.05, 0) is 45.4 Å². The van der Waals surface area contributed by atoms with Gasteiger partial charge in [0.1, 0.15) is 5.69 Å². The number of benzene rings is 2. The summed E-state index contributed by atoms with van der Waals surface area (Å²) in [5, 5.41) is 4.83. The Bertz CT molecular complexity index is 1020. The van der Waals surface area contributed by atoms with Crippen molar-refractivity contribution in [1.29, 1.82) is 0 Å². The second-order valence-corrected chi connectivity index (χ2v) is 7.95. The molecule has 3 aromatic rings. The number of aryl methyl sites for hydroxylation is 2. The summed E-state index contributed by atoms with van der Waals surface area (Å²) in [6, 6.07) is 18.1. The van der Waals surface area contributed by atoms with Crippen LogP contribution in [0, 0.1) is 13.8 Å². The van der Waals surface area contributed by atoms with Gasteiger partial charge in [-0.1, -0.05) is 48.0 Å². The van der Waals surface area contributed by atoms with E-state index in [0.717, 1.165) is 22.5 Å². The fraction of sp³-hybridized carbons (Fsp3) is 0.333. The molecule has 0 spiro atoms. The highest BCUT2D eigenvalue weighted by atomic mass is 16.5. The van der Waals surface area contributed by atoms with Gasteiger partial charge in [-0.25, -0.2) is 4.68 Å². The van der Waals surface area contributed by atoms with E-state index in [1.807, 2.05) is 61.2 Å². The Kier molecular flexibility index (Phi) is 5.24. The Hall–Kier alpha value is -2.92. The summed E-state index contributed by atoms with van der Waals surface area (Å²) in [5.41, 5.74) is 5.57. The van der Waals surface area contributed by atoms with Crippen molar-refractivity contribution in [2.45, 2.75) is 39.9 Å². The normalized spacial score (nSPS) is 19.4. The first kappa shape index (κ1) is 19.4. The first-order valence-corrected chi connectivity index (χ1v) is 10.1. The maximum atomic E-state index is 13.5. The Labute approximate surface area is 171 Å². The molecule has 1 amide bonds. The molecular weight excluding hydrogens is 362 g/mol. The lowest BCUT2D eigenvalue weighted by Crippen LogP contribution is -2.48. The molecule has 2 heterocycles. The Morgan fingerprint density at radius 2 is 1.69 bits per heavy atom. The Morgan fingerprint density at radius 3 is 2.34 bits per heavy atom. The molecule has 0 bridgehead atoms. The maximum Gasteiger partial charge on any atom is 0.272 e. The van der Waals surface area contributed by atoms with E-state index in [1.54, 1.807) is 4.68 Å². The molecule has 0 radical (unpaired) electrons. The minimum atomic E-state index is -0.0124. The van der Waals surface area contributed by atoms with Crippen molar-refractivity contribution in [2.75, 3.05) is 13.1 Å². The van der Waals surface area contributed by atoms with E-state index in [9.17, 15) is 4.79 Å². The van der Waals surface area contributed by atoms with Gasteiger partial charge < -0.3 is 9.64 Å². The van der Waals surface area contributed by atoms with Crippen LogP contribution in [-0.4, -0.2) is 45.9 Å². The second-order valence-electron chi connectivity index (χ2n) is 7.95. The second kappa shape index (κ2) is 7.84. The van der Waals surface area contributed by atoms with Crippen molar-refractivity contribution >= 4 is 5.91 Å². The van der Waals surface area contributed by atoms with Crippen LogP contribution in [0.1, 0.15) is 35.5 Å². The van der Waals surface area contributed by atoms with E-state index in [-0.39, 0.29) is 18.1 Å². The zero-order valence-electron chi connectivity index (χ0n) is 17.4. The van der Waals surface area contributed by atoms with Crippen LogP contribution in [0.5, 0.6) is 0 Å². The number of aromatic nitrogens is 2. The van der Waals surface area contributed by atoms with Gasteiger partial charge in [0, 0.05) is 18.7 Å². The lowest BCUT2D eigenvalue weighted by Gasteiger charge is -2.35.